The van der Waals surface area contributed by atoms with Crippen molar-refractivity contribution in [3.05, 3.63) is 66.2 Å². The fourth-order valence-corrected chi connectivity index (χ4v) is 2.43. The number of para-hydroxylation sites is 1. The number of carboxylic acid groups (broad SMARTS) is 1. The zero-order chi connectivity index (χ0) is 15.5. The van der Waals surface area contributed by atoms with E-state index in [2.05, 4.69) is 5.32 Å². The minimum Gasteiger partial charge on any atom is -0.497 e. The van der Waals surface area contributed by atoms with Gasteiger partial charge in [0.05, 0.1) is 24.0 Å². The maximum atomic E-state index is 11.3. The molecule has 0 fully saturated rings. The Bertz CT molecular complexity index is 843. The maximum Gasteiger partial charge on any atom is 0.337 e. The average molecular weight is 293 g/mol. The van der Waals surface area contributed by atoms with E-state index >= 15 is 0 Å². The highest BCUT2D eigenvalue weighted by Gasteiger charge is 2.11. The molecule has 0 atom stereocenters. The largest absolute Gasteiger partial charge is 0.497 e. The van der Waals surface area contributed by atoms with Crippen LogP contribution in [0.1, 0.15) is 10.4 Å². The zero-order valence-corrected chi connectivity index (χ0v) is 12.0. The number of aromatic carboxylic acids is 1. The Morgan fingerprint density at radius 3 is 2.50 bits per heavy atom. The van der Waals surface area contributed by atoms with Crippen LogP contribution < -0.4 is 10.1 Å². The number of rotatable bonds is 4. The van der Waals surface area contributed by atoms with Crippen LogP contribution >= 0.6 is 0 Å². The number of hydrogen-bond donors (Lipinski definition) is 2. The number of nitrogens with one attached hydrogen (secondary N) is 1. The van der Waals surface area contributed by atoms with Crippen molar-refractivity contribution in [3.63, 3.8) is 0 Å². The van der Waals surface area contributed by atoms with E-state index in [9.17, 15) is 9.90 Å². The molecule has 3 rings (SSSR count). The minimum absolute atomic E-state index is 0.231. The van der Waals surface area contributed by atoms with Crippen LogP contribution in [-0.4, -0.2) is 18.2 Å². The van der Waals surface area contributed by atoms with Crippen LogP contribution in [0.15, 0.2) is 60.7 Å². The second kappa shape index (κ2) is 5.77. The van der Waals surface area contributed by atoms with E-state index in [4.69, 9.17) is 4.74 Å². The molecule has 4 nitrogen and oxygen atoms in total. The summed E-state index contributed by atoms with van der Waals surface area (Å²) in [6.45, 7) is 0. The van der Waals surface area contributed by atoms with Gasteiger partial charge >= 0.3 is 5.97 Å². The highest BCUT2D eigenvalue weighted by molar-refractivity contribution is 6.00. The Labute approximate surface area is 128 Å². The monoisotopic (exact) mass is 293 g/mol. The molecule has 110 valence electrons. The van der Waals surface area contributed by atoms with E-state index < -0.39 is 5.97 Å². The lowest BCUT2D eigenvalue weighted by Gasteiger charge is -2.13. The molecule has 0 radical (unpaired) electrons. The summed E-state index contributed by atoms with van der Waals surface area (Å²) in [5.74, 6) is -0.246. The molecule has 0 amide bonds. The number of methoxy groups -OCH3 is 1. The van der Waals surface area contributed by atoms with Crippen LogP contribution in [-0.2, 0) is 0 Å². The highest BCUT2D eigenvalue weighted by atomic mass is 16.5. The van der Waals surface area contributed by atoms with Gasteiger partial charge in [-0.05, 0) is 23.6 Å². The molecule has 0 saturated heterocycles. The highest BCUT2D eigenvalue weighted by Crippen LogP contribution is 2.32. The van der Waals surface area contributed by atoms with E-state index in [1.54, 1.807) is 31.4 Å². The molecule has 0 heterocycles. The predicted molar refractivity (Wildman–Crippen MR) is 87.2 cm³/mol. The summed E-state index contributed by atoms with van der Waals surface area (Å²) in [6.07, 6.45) is 0. The van der Waals surface area contributed by atoms with Gasteiger partial charge in [-0.25, -0.2) is 4.79 Å². The first-order chi connectivity index (χ1) is 10.7. The summed E-state index contributed by atoms with van der Waals surface area (Å²) in [6, 6.07) is 18.5. The topological polar surface area (TPSA) is 58.6 Å². The summed E-state index contributed by atoms with van der Waals surface area (Å²) in [5.41, 5.74) is 1.59. The van der Waals surface area contributed by atoms with Crippen molar-refractivity contribution in [2.24, 2.45) is 0 Å². The molecule has 0 bridgehead atoms. The molecule has 22 heavy (non-hydrogen) atoms. The quantitative estimate of drug-likeness (QED) is 0.753. The third-order valence-electron chi connectivity index (χ3n) is 3.50. The van der Waals surface area contributed by atoms with Gasteiger partial charge in [-0.15, -0.1) is 0 Å². The van der Waals surface area contributed by atoms with E-state index in [0.29, 0.717) is 11.4 Å². The number of carbonyl (C=O) groups is 1. The second-order valence-corrected chi connectivity index (χ2v) is 4.87. The van der Waals surface area contributed by atoms with E-state index in [1.165, 1.54) is 0 Å². The van der Waals surface area contributed by atoms with Crippen molar-refractivity contribution in [2.45, 2.75) is 0 Å². The third kappa shape index (κ3) is 2.59. The molecule has 0 aromatic heterocycles. The molecule has 3 aromatic rings. The van der Waals surface area contributed by atoms with Crippen molar-refractivity contribution in [3.8, 4) is 5.75 Å². The van der Waals surface area contributed by atoms with Crippen LogP contribution in [0.5, 0.6) is 5.75 Å². The van der Waals surface area contributed by atoms with Gasteiger partial charge in [0.1, 0.15) is 5.75 Å². The number of benzene rings is 3. The first-order valence-electron chi connectivity index (χ1n) is 6.85. The minimum atomic E-state index is -0.963. The fraction of sp³-hybridized carbons (Fsp3) is 0.0556. The van der Waals surface area contributed by atoms with Gasteiger partial charge in [0.2, 0.25) is 0 Å². The molecule has 0 aliphatic heterocycles. The smallest absolute Gasteiger partial charge is 0.337 e. The lowest BCUT2D eigenvalue weighted by atomic mass is 10.1. The molecule has 0 saturated carbocycles. The van der Waals surface area contributed by atoms with Gasteiger partial charge in [-0.2, -0.15) is 0 Å². The van der Waals surface area contributed by atoms with Crippen molar-refractivity contribution in [1.82, 2.24) is 0 Å². The SMILES string of the molecule is COc1cc(Nc2ccccc2C(=O)O)c2ccccc2c1. The third-order valence-corrected chi connectivity index (χ3v) is 3.50. The van der Waals surface area contributed by atoms with E-state index in [0.717, 1.165) is 16.5 Å². The molecule has 4 heteroatoms. The average Bonchev–Trinajstić information content (AvgIpc) is 2.55. The van der Waals surface area contributed by atoms with Crippen LogP contribution in [0.4, 0.5) is 11.4 Å². The summed E-state index contributed by atoms with van der Waals surface area (Å²) in [5, 5.41) is 14.5. The number of fused-ring (bicyclic) bond motifs is 1. The second-order valence-electron chi connectivity index (χ2n) is 4.87. The number of anilines is 2. The summed E-state index contributed by atoms with van der Waals surface area (Å²) in [7, 11) is 1.61. The van der Waals surface area contributed by atoms with Crippen LogP contribution in [0.2, 0.25) is 0 Å². The number of ether oxygens (including phenoxy) is 1. The Morgan fingerprint density at radius 1 is 1.00 bits per heavy atom. The van der Waals surface area contributed by atoms with Gasteiger partial charge in [0, 0.05) is 11.5 Å². The van der Waals surface area contributed by atoms with Gasteiger partial charge in [-0.1, -0.05) is 36.4 Å². The molecule has 2 N–H and O–H groups in total. The maximum absolute atomic E-state index is 11.3. The van der Waals surface area contributed by atoms with Gasteiger partial charge < -0.3 is 15.2 Å². The lowest BCUT2D eigenvalue weighted by Crippen LogP contribution is -2.02. The molecular formula is C18H15NO3. The van der Waals surface area contributed by atoms with Crippen LogP contribution in [0.25, 0.3) is 10.8 Å². The molecule has 0 aliphatic rings. The standard InChI is InChI=1S/C18H15NO3/c1-22-13-10-12-6-2-3-7-14(12)17(11-13)19-16-9-5-4-8-15(16)18(20)21/h2-11,19H,1H3,(H,20,21). The van der Waals surface area contributed by atoms with Gasteiger partial charge in [-0.3, -0.25) is 0 Å². The molecule has 0 aliphatic carbocycles. The Hall–Kier alpha value is -3.01. The Kier molecular flexibility index (Phi) is 3.66. The molecule has 3 aromatic carbocycles. The lowest BCUT2D eigenvalue weighted by molar-refractivity contribution is 0.0698. The molecule has 0 unspecified atom stereocenters. The summed E-state index contributed by atoms with van der Waals surface area (Å²) >= 11 is 0. The van der Waals surface area contributed by atoms with Crippen molar-refractivity contribution in [2.75, 3.05) is 12.4 Å². The Morgan fingerprint density at radius 2 is 1.73 bits per heavy atom. The number of hydrogen-bond acceptors (Lipinski definition) is 3. The van der Waals surface area contributed by atoms with Crippen molar-refractivity contribution < 1.29 is 14.6 Å². The summed E-state index contributed by atoms with van der Waals surface area (Å²) in [4.78, 5) is 11.3. The molecule has 0 spiro atoms. The van der Waals surface area contributed by atoms with Gasteiger partial charge in [0.25, 0.3) is 0 Å². The van der Waals surface area contributed by atoms with Crippen molar-refractivity contribution in [1.29, 1.82) is 0 Å². The van der Waals surface area contributed by atoms with Crippen LogP contribution in [0, 0.1) is 0 Å². The predicted octanol–water partition coefficient (Wildman–Crippen LogP) is 4.29. The van der Waals surface area contributed by atoms with E-state index in [1.807, 2.05) is 36.4 Å². The normalized spacial score (nSPS) is 10.4. The first-order valence-corrected chi connectivity index (χ1v) is 6.85. The number of carboxylic acids is 1. The van der Waals surface area contributed by atoms with Crippen molar-refractivity contribution >= 4 is 28.1 Å². The summed E-state index contributed by atoms with van der Waals surface area (Å²) < 4.78 is 5.32. The zero-order valence-electron chi connectivity index (χ0n) is 12.0. The Balaban J connectivity index is 2.13. The first kappa shape index (κ1) is 13.9. The van der Waals surface area contributed by atoms with Crippen LogP contribution in [0.3, 0.4) is 0 Å². The molecular weight excluding hydrogens is 278 g/mol. The van der Waals surface area contributed by atoms with Gasteiger partial charge in [0.15, 0.2) is 0 Å². The fourth-order valence-electron chi connectivity index (χ4n) is 2.43. The van der Waals surface area contributed by atoms with E-state index in [-0.39, 0.29) is 5.56 Å².